The van der Waals surface area contributed by atoms with Crippen LogP contribution in [0, 0.1) is 16.7 Å². The van der Waals surface area contributed by atoms with Crippen LogP contribution in [0.25, 0.3) is 11.0 Å². The van der Waals surface area contributed by atoms with Crippen molar-refractivity contribution >= 4 is 11.0 Å². The largest absolute Gasteiger partial charge is 0.327 e. The second kappa shape index (κ2) is 4.84. The lowest BCUT2D eigenvalue weighted by molar-refractivity contribution is 0.457. The van der Waals surface area contributed by atoms with E-state index in [0.29, 0.717) is 10.8 Å². The molecule has 0 aliphatic heterocycles. The van der Waals surface area contributed by atoms with Gasteiger partial charge in [0, 0.05) is 6.54 Å². The number of hydrogen-bond donors (Lipinski definition) is 1. The van der Waals surface area contributed by atoms with Gasteiger partial charge in [0.2, 0.25) is 0 Å². The number of imidazole rings is 1. The van der Waals surface area contributed by atoms with Gasteiger partial charge in [0.15, 0.2) is 0 Å². The lowest BCUT2D eigenvalue weighted by Crippen LogP contribution is -2.21. The Morgan fingerprint density at radius 1 is 1.14 bits per heavy atom. The number of aryl methyl sites for hydroxylation is 1. The maximum Gasteiger partial charge on any atom is 0.123 e. The van der Waals surface area contributed by atoms with Crippen molar-refractivity contribution in [1.29, 1.82) is 0 Å². The van der Waals surface area contributed by atoms with Gasteiger partial charge >= 0.3 is 0 Å². The van der Waals surface area contributed by atoms with Crippen LogP contribution in [0.15, 0.2) is 24.3 Å². The van der Waals surface area contributed by atoms with Gasteiger partial charge in [-0.3, -0.25) is 0 Å². The van der Waals surface area contributed by atoms with Crippen molar-refractivity contribution in [2.75, 3.05) is 6.54 Å². The SMILES string of the molecule is CCn1c(CNCC2C(C)(C)C2(C)C)nc2ccccc21. The number of fused-ring (bicyclic) bond motifs is 1. The van der Waals surface area contributed by atoms with Gasteiger partial charge < -0.3 is 9.88 Å². The first-order valence-corrected chi connectivity index (χ1v) is 8.04. The van der Waals surface area contributed by atoms with Crippen molar-refractivity contribution < 1.29 is 0 Å². The predicted octanol–water partition coefficient (Wildman–Crippen LogP) is 3.83. The van der Waals surface area contributed by atoms with Crippen molar-refractivity contribution in [3.8, 4) is 0 Å². The molecule has 0 saturated heterocycles. The van der Waals surface area contributed by atoms with Gasteiger partial charge in [0.25, 0.3) is 0 Å². The van der Waals surface area contributed by atoms with Crippen molar-refractivity contribution in [2.45, 2.75) is 47.7 Å². The standard InChI is InChI=1S/C18H27N3/c1-6-21-14-10-8-7-9-13(14)20-16(21)12-19-11-15-17(2,3)18(15,4)5/h7-10,15,19H,6,11-12H2,1-5H3. The third-order valence-electron chi connectivity index (χ3n) is 6.00. The summed E-state index contributed by atoms with van der Waals surface area (Å²) in [6, 6.07) is 8.39. The molecule has 1 saturated carbocycles. The molecule has 3 heteroatoms. The first kappa shape index (κ1) is 14.6. The number of nitrogens with zero attached hydrogens (tertiary/aromatic N) is 2. The first-order chi connectivity index (χ1) is 9.89. The Balaban J connectivity index is 1.69. The Labute approximate surface area is 127 Å². The molecule has 0 spiro atoms. The molecule has 1 aliphatic carbocycles. The van der Waals surface area contributed by atoms with Crippen LogP contribution >= 0.6 is 0 Å². The van der Waals surface area contributed by atoms with Gasteiger partial charge in [-0.2, -0.15) is 0 Å². The van der Waals surface area contributed by atoms with E-state index >= 15 is 0 Å². The van der Waals surface area contributed by atoms with Crippen LogP contribution in [0.3, 0.4) is 0 Å². The summed E-state index contributed by atoms with van der Waals surface area (Å²) in [7, 11) is 0. The monoisotopic (exact) mass is 285 g/mol. The summed E-state index contributed by atoms with van der Waals surface area (Å²) in [4.78, 5) is 4.77. The zero-order valence-electron chi connectivity index (χ0n) is 13.9. The molecule has 21 heavy (non-hydrogen) atoms. The Bertz CT molecular complexity index is 638. The number of rotatable bonds is 5. The Kier molecular flexibility index (Phi) is 3.36. The molecule has 1 aliphatic rings. The average Bonchev–Trinajstić information content (AvgIpc) is 2.75. The summed E-state index contributed by atoms with van der Waals surface area (Å²) >= 11 is 0. The minimum atomic E-state index is 0.449. The molecule has 1 heterocycles. The molecule has 0 radical (unpaired) electrons. The number of nitrogens with one attached hydrogen (secondary N) is 1. The van der Waals surface area contributed by atoms with E-state index in [0.717, 1.165) is 36.9 Å². The molecule has 1 aromatic heterocycles. The molecule has 3 rings (SSSR count). The maximum absolute atomic E-state index is 4.77. The fourth-order valence-corrected chi connectivity index (χ4v) is 3.79. The third kappa shape index (κ3) is 2.18. The summed E-state index contributed by atoms with van der Waals surface area (Å²) < 4.78 is 2.31. The van der Waals surface area contributed by atoms with Crippen LogP contribution in [0.4, 0.5) is 0 Å². The van der Waals surface area contributed by atoms with Crippen molar-refractivity contribution in [1.82, 2.24) is 14.9 Å². The summed E-state index contributed by atoms with van der Waals surface area (Å²) in [5.74, 6) is 1.90. The van der Waals surface area contributed by atoms with Crippen molar-refractivity contribution in [2.24, 2.45) is 16.7 Å². The Morgan fingerprint density at radius 3 is 2.43 bits per heavy atom. The van der Waals surface area contributed by atoms with E-state index < -0.39 is 0 Å². The lowest BCUT2D eigenvalue weighted by Gasteiger charge is -2.08. The van der Waals surface area contributed by atoms with Gasteiger partial charge in [-0.15, -0.1) is 0 Å². The second-order valence-corrected chi connectivity index (χ2v) is 7.39. The summed E-state index contributed by atoms with van der Waals surface area (Å²) in [6.45, 7) is 14.6. The molecule has 1 N–H and O–H groups in total. The molecule has 1 fully saturated rings. The number of hydrogen-bond acceptors (Lipinski definition) is 2. The Morgan fingerprint density at radius 2 is 1.81 bits per heavy atom. The molecule has 0 unspecified atom stereocenters. The topological polar surface area (TPSA) is 29.9 Å². The predicted molar refractivity (Wildman–Crippen MR) is 88.2 cm³/mol. The van der Waals surface area contributed by atoms with E-state index in [1.807, 2.05) is 0 Å². The highest BCUT2D eigenvalue weighted by molar-refractivity contribution is 5.75. The van der Waals surface area contributed by atoms with Crippen LogP contribution in [0.1, 0.15) is 40.4 Å². The molecule has 3 nitrogen and oxygen atoms in total. The van der Waals surface area contributed by atoms with E-state index in [-0.39, 0.29) is 0 Å². The highest BCUT2D eigenvalue weighted by Crippen LogP contribution is 2.67. The second-order valence-electron chi connectivity index (χ2n) is 7.39. The molecule has 0 bridgehead atoms. The van der Waals surface area contributed by atoms with Crippen LogP contribution in [-0.4, -0.2) is 16.1 Å². The molecule has 1 aromatic carbocycles. The van der Waals surface area contributed by atoms with Gasteiger partial charge in [-0.25, -0.2) is 4.98 Å². The smallest absolute Gasteiger partial charge is 0.123 e. The fraction of sp³-hybridized carbons (Fsp3) is 0.611. The van der Waals surface area contributed by atoms with Gasteiger partial charge in [-0.1, -0.05) is 39.8 Å². The molecule has 114 valence electrons. The van der Waals surface area contributed by atoms with E-state index in [9.17, 15) is 0 Å². The lowest BCUT2D eigenvalue weighted by atomic mass is 10.0. The van der Waals surface area contributed by atoms with Crippen LogP contribution in [0.5, 0.6) is 0 Å². The normalized spacial score (nSPS) is 20.0. The highest BCUT2D eigenvalue weighted by atomic mass is 15.1. The maximum atomic E-state index is 4.77. The average molecular weight is 285 g/mol. The van der Waals surface area contributed by atoms with E-state index in [1.165, 1.54) is 5.52 Å². The van der Waals surface area contributed by atoms with Crippen LogP contribution in [0.2, 0.25) is 0 Å². The van der Waals surface area contributed by atoms with Gasteiger partial charge in [-0.05, 0) is 42.3 Å². The molecular weight excluding hydrogens is 258 g/mol. The zero-order valence-corrected chi connectivity index (χ0v) is 13.9. The minimum Gasteiger partial charge on any atom is -0.327 e. The number of benzene rings is 1. The third-order valence-corrected chi connectivity index (χ3v) is 6.00. The number of para-hydroxylation sites is 2. The summed E-state index contributed by atoms with van der Waals surface area (Å²) in [5, 5.41) is 3.63. The van der Waals surface area contributed by atoms with E-state index in [1.54, 1.807) is 0 Å². The van der Waals surface area contributed by atoms with E-state index in [4.69, 9.17) is 4.98 Å². The minimum absolute atomic E-state index is 0.449. The molecule has 0 atom stereocenters. The van der Waals surface area contributed by atoms with E-state index in [2.05, 4.69) is 68.8 Å². The van der Waals surface area contributed by atoms with Gasteiger partial charge in [0.05, 0.1) is 17.6 Å². The molecule has 0 amide bonds. The van der Waals surface area contributed by atoms with Crippen molar-refractivity contribution in [3.63, 3.8) is 0 Å². The van der Waals surface area contributed by atoms with Gasteiger partial charge in [0.1, 0.15) is 5.82 Å². The fourth-order valence-electron chi connectivity index (χ4n) is 3.79. The van der Waals surface area contributed by atoms with Crippen LogP contribution in [-0.2, 0) is 13.1 Å². The molecule has 2 aromatic rings. The van der Waals surface area contributed by atoms with Crippen molar-refractivity contribution in [3.05, 3.63) is 30.1 Å². The molecular formula is C18H27N3. The highest BCUT2D eigenvalue weighted by Gasteiger charge is 2.63. The zero-order chi connectivity index (χ0) is 15.3. The quantitative estimate of drug-likeness (QED) is 0.905. The first-order valence-electron chi connectivity index (χ1n) is 8.04. The number of aromatic nitrogens is 2. The summed E-state index contributed by atoms with van der Waals surface area (Å²) in [6.07, 6.45) is 0. The Hall–Kier alpha value is -1.35. The van der Waals surface area contributed by atoms with Crippen LogP contribution < -0.4 is 5.32 Å². The summed E-state index contributed by atoms with van der Waals surface area (Å²) in [5.41, 5.74) is 3.24.